The van der Waals surface area contributed by atoms with Gasteiger partial charge in [0.25, 0.3) is 5.91 Å². The van der Waals surface area contributed by atoms with Crippen LogP contribution in [-0.2, 0) is 10.2 Å². The first kappa shape index (κ1) is 15.5. The molecule has 114 valence electrons. The van der Waals surface area contributed by atoms with E-state index in [1.54, 1.807) is 0 Å². The zero-order valence-electron chi connectivity index (χ0n) is 13.5. The van der Waals surface area contributed by atoms with Gasteiger partial charge in [0.1, 0.15) is 6.04 Å². The van der Waals surface area contributed by atoms with Gasteiger partial charge in [0.15, 0.2) is 5.96 Å². The van der Waals surface area contributed by atoms with Gasteiger partial charge in [-0.1, -0.05) is 58.9 Å². The Morgan fingerprint density at radius 1 is 1.19 bits per heavy atom. The van der Waals surface area contributed by atoms with Crippen molar-refractivity contribution in [1.29, 1.82) is 0 Å². The predicted octanol–water partition coefficient (Wildman–Crippen LogP) is 2.76. The number of guanidine groups is 1. The molecule has 1 aromatic rings. The van der Waals surface area contributed by atoms with Gasteiger partial charge in [0.2, 0.25) is 0 Å². The molecule has 4 heteroatoms. The van der Waals surface area contributed by atoms with E-state index in [2.05, 4.69) is 62.4 Å². The second-order valence-corrected chi connectivity index (χ2v) is 7.02. The summed E-state index contributed by atoms with van der Waals surface area (Å²) in [5.41, 5.74) is 2.35. The summed E-state index contributed by atoms with van der Waals surface area (Å²) in [6.45, 7) is 11.4. The Morgan fingerprint density at radius 2 is 1.81 bits per heavy atom. The van der Waals surface area contributed by atoms with Crippen LogP contribution in [0.2, 0.25) is 0 Å². The van der Waals surface area contributed by atoms with Crippen molar-refractivity contribution in [2.45, 2.75) is 46.1 Å². The van der Waals surface area contributed by atoms with Crippen LogP contribution in [0.15, 0.2) is 29.3 Å². The molecule has 2 rings (SSSR count). The number of benzene rings is 1. The molecule has 1 aliphatic heterocycles. The molecule has 1 unspecified atom stereocenters. The lowest BCUT2D eigenvalue weighted by Gasteiger charge is -2.19. The maximum Gasteiger partial charge on any atom is 0.253 e. The van der Waals surface area contributed by atoms with Crippen molar-refractivity contribution in [1.82, 2.24) is 10.6 Å². The summed E-state index contributed by atoms with van der Waals surface area (Å²) in [4.78, 5) is 16.4. The molecule has 0 saturated carbocycles. The van der Waals surface area contributed by atoms with Crippen LogP contribution in [0.3, 0.4) is 0 Å². The molecule has 4 nitrogen and oxygen atoms in total. The number of carbonyl (C=O) groups is 1. The van der Waals surface area contributed by atoms with Gasteiger partial charge in [-0.2, -0.15) is 0 Å². The van der Waals surface area contributed by atoms with E-state index in [0.717, 1.165) is 5.56 Å². The zero-order chi connectivity index (χ0) is 15.6. The first-order valence-electron chi connectivity index (χ1n) is 7.49. The average Bonchev–Trinajstić information content (AvgIpc) is 2.77. The molecule has 2 N–H and O–H groups in total. The van der Waals surface area contributed by atoms with Gasteiger partial charge < -0.3 is 5.32 Å². The zero-order valence-corrected chi connectivity index (χ0v) is 13.5. The number of nitrogens with one attached hydrogen (secondary N) is 2. The fraction of sp³-hybridized carbons (Fsp3) is 0.529. The summed E-state index contributed by atoms with van der Waals surface area (Å²) in [6.07, 6.45) is 0. The molecule has 1 aliphatic rings. The normalized spacial score (nSPS) is 20.8. The van der Waals surface area contributed by atoms with Gasteiger partial charge in [0, 0.05) is 6.54 Å². The minimum atomic E-state index is -0.343. The predicted molar refractivity (Wildman–Crippen MR) is 86.3 cm³/mol. The van der Waals surface area contributed by atoms with Gasteiger partial charge in [-0.3, -0.25) is 15.1 Å². The third-order valence-corrected chi connectivity index (χ3v) is 3.51. The highest BCUT2D eigenvalue weighted by atomic mass is 16.2. The second-order valence-electron chi connectivity index (χ2n) is 7.02. The Bertz CT molecular complexity index is 538. The topological polar surface area (TPSA) is 53.5 Å². The van der Waals surface area contributed by atoms with E-state index in [1.807, 2.05) is 12.1 Å². The fourth-order valence-corrected chi connectivity index (χ4v) is 2.20. The van der Waals surface area contributed by atoms with Crippen molar-refractivity contribution >= 4 is 11.9 Å². The largest absolute Gasteiger partial charge is 0.340 e. The molecule has 1 atom stereocenters. The van der Waals surface area contributed by atoms with Crippen LogP contribution in [0, 0.1) is 5.92 Å². The van der Waals surface area contributed by atoms with Crippen LogP contribution in [-0.4, -0.2) is 18.4 Å². The molecular weight excluding hydrogens is 262 g/mol. The molecule has 1 amide bonds. The summed E-state index contributed by atoms with van der Waals surface area (Å²) in [7, 11) is 0. The van der Waals surface area contributed by atoms with Crippen molar-refractivity contribution in [3.05, 3.63) is 35.4 Å². The smallest absolute Gasteiger partial charge is 0.253 e. The first-order valence-corrected chi connectivity index (χ1v) is 7.49. The van der Waals surface area contributed by atoms with E-state index in [4.69, 9.17) is 0 Å². The number of aliphatic imine (C=N–C) groups is 1. The molecule has 0 aliphatic carbocycles. The van der Waals surface area contributed by atoms with E-state index in [1.165, 1.54) is 5.56 Å². The Morgan fingerprint density at radius 3 is 2.33 bits per heavy atom. The average molecular weight is 287 g/mol. The van der Waals surface area contributed by atoms with E-state index >= 15 is 0 Å². The molecule has 1 heterocycles. The molecule has 0 radical (unpaired) electrons. The summed E-state index contributed by atoms with van der Waals surface area (Å²) in [6, 6.07) is 7.87. The van der Waals surface area contributed by atoms with E-state index < -0.39 is 0 Å². The van der Waals surface area contributed by atoms with Crippen LogP contribution in [0.4, 0.5) is 0 Å². The van der Waals surface area contributed by atoms with Crippen molar-refractivity contribution < 1.29 is 4.79 Å². The first-order chi connectivity index (χ1) is 9.77. The third kappa shape index (κ3) is 3.84. The van der Waals surface area contributed by atoms with Gasteiger partial charge in [-0.05, 0) is 22.5 Å². The SMILES string of the molecule is CC(C)CN=C1NC(=O)C(c2ccc(C(C)(C)C)cc2)N1. The highest BCUT2D eigenvalue weighted by molar-refractivity contribution is 6.06. The molecular formula is C17H25N3O. The highest BCUT2D eigenvalue weighted by Crippen LogP contribution is 2.24. The monoisotopic (exact) mass is 287 g/mol. The molecule has 1 fully saturated rings. The second kappa shape index (κ2) is 5.88. The van der Waals surface area contributed by atoms with E-state index in [0.29, 0.717) is 18.4 Å². The summed E-state index contributed by atoms with van der Waals surface area (Å²) >= 11 is 0. The van der Waals surface area contributed by atoms with Crippen molar-refractivity contribution in [2.24, 2.45) is 10.9 Å². The fourth-order valence-electron chi connectivity index (χ4n) is 2.20. The lowest BCUT2D eigenvalue weighted by molar-refractivity contribution is -0.120. The minimum Gasteiger partial charge on any atom is -0.340 e. The molecule has 0 spiro atoms. The lowest BCUT2D eigenvalue weighted by atomic mass is 9.86. The number of carbonyl (C=O) groups excluding carboxylic acids is 1. The van der Waals surface area contributed by atoms with Gasteiger partial charge in [-0.15, -0.1) is 0 Å². The van der Waals surface area contributed by atoms with Gasteiger partial charge in [-0.25, -0.2) is 0 Å². The van der Waals surface area contributed by atoms with Crippen LogP contribution in [0.1, 0.15) is 51.8 Å². The summed E-state index contributed by atoms with van der Waals surface area (Å²) in [5, 5.41) is 5.96. The Labute approximate surface area is 127 Å². The maximum atomic E-state index is 12.1. The maximum absolute atomic E-state index is 12.1. The van der Waals surface area contributed by atoms with Crippen molar-refractivity contribution in [2.75, 3.05) is 6.54 Å². The van der Waals surface area contributed by atoms with Gasteiger partial charge in [0.05, 0.1) is 0 Å². The Kier molecular flexibility index (Phi) is 4.35. The molecule has 1 saturated heterocycles. The summed E-state index contributed by atoms with van der Waals surface area (Å²) in [5.74, 6) is 1.01. The number of amides is 1. The van der Waals surface area contributed by atoms with Crippen LogP contribution in [0.5, 0.6) is 0 Å². The van der Waals surface area contributed by atoms with E-state index in [9.17, 15) is 4.79 Å². The number of nitrogens with zero attached hydrogens (tertiary/aromatic N) is 1. The molecule has 21 heavy (non-hydrogen) atoms. The molecule has 1 aromatic carbocycles. The molecule has 0 bridgehead atoms. The number of hydrogen-bond acceptors (Lipinski definition) is 2. The van der Waals surface area contributed by atoms with Crippen molar-refractivity contribution in [3.8, 4) is 0 Å². The van der Waals surface area contributed by atoms with Crippen LogP contribution < -0.4 is 10.6 Å². The highest BCUT2D eigenvalue weighted by Gasteiger charge is 2.29. The Balaban J connectivity index is 2.12. The van der Waals surface area contributed by atoms with Crippen LogP contribution >= 0.6 is 0 Å². The third-order valence-electron chi connectivity index (χ3n) is 3.51. The van der Waals surface area contributed by atoms with E-state index in [-0.39, 0.29) is 17.4 Å². The van der Waals surface area contributed by atoms with Crippen LogP contribution in [0.25, 0.3) is 0 Å². The standard InChI is InChI=1S/C17H25N3O/c1-11(2)10-18-16-19-14(15(21)20-16)12-6-8-13(9-7-12)17(3,4)5/h6-9,11,14H,10H2,1-5H3,(H2,18,19,20,21). The molecule has 0 aromatic heterocycles. The quantitative estimate of drug-likeness (QED) is 0.898. The Hall–Kier alpha value is -1.84. The lowest BCUT2D eigenvalue weighted by Crippen LogP contribution is -2.26. The minimum absolute atomic E-state index is 0.0407. The number of rotatable bonds is 3. The van der Waals surface area contributed by atoms with Crippen molar-refractivity contribution in [3.63, 3.8) is 0 Å². The number of hydrogen-bond donors (Lipinski definition) is 2. The summed E-state index contributed by atoms with van der Waals surface area (Å²) < 4.78 is 0. The van der Waals surface area contributed by atoms with Gasteiger partial charge >= 0.3 is 0 Å².